The summed E-state index contributed by atoms with van der Waals surface area (Å²) in [7, 11) is 0. The van der Waals surface area contributed by atoms with Crippen LogP contribution in [0.5, 0.6) is 0 Å². The van der Waals surface area contributed by atoms with E-state index in [-0.39, 0.29) is 12.5 Å². The predicted octanol–water partition coefficient (Wildman–Crippen LogP) is 3.88. The number of aromatic nitrogens is 2. The lowest BCUT2D eigenvalue weighted by atomic mass is 9.91. The van der Waals surface area contributed by atoms with Crippen molar-refractivity contribution in [2.75, 3.05) is 18.5 Å². The third kappa shape index (κ3) is 3.73. The number of carbonyl (C=O) groups is 1. The van der Waals surface area contributed by atoms with Crippen LogP contribution in [0.3, 0.4) is 0 Å². The Morgan fingerprint density at radius 3 is 2.69 bits per heavy atom. The SMILES string of the molecule is NC(=O)C1(c2cc(-c3ccc4c(NCCCCO)c5c(nc4c3)CCCC5)ccn2)CC1. The molecular formula is C26H30N4O2. The van der Waals surface area contributed by atoms with Gasteiger partial charge >= 0.3 is 0 Å². The van der Waals surface area contributed by atoms with Gasteiger partial charge in [-0.2, -0.15) is 0 Å². The summed E-state index contributed by atoms with van der Waals surface area (Å²) in [5.41, 5.74) is 12.7. The molecule has 1 saturated carbocycles. The van der Waals surface area contributed by atoms with Crippen molar-refractivity contribution in [3.05, 3.63) is 53.5 Å². The monoisotopic (exact) mass is 430 g/mol. The Morgan fingerprint density at radius 2 is 1.91 bits per heavy atom. The smallest absolute Gasteiger partial charge is 0.229 e. The van der Waals surface area contributed by atoms with E-state index in [1.165, 1.54) is 29.8 Å². The number of unbranched alkanes of at least 4 members (excludes halogenated alkanes) is 1. The molecule has 32 heavy (non-hydrogen) atoms. The van der Waals surface area contributed by atoms with Gasteiger partial charge in [-0.05, 0) is 86.3 Å². The predicted molar refractivity (Wildman–Crippen MR) is 127 cm³/mol. The number of nitrogens with two attached hydrogens (primary N) is 1. The summed E-state index contributed by atoms with van der Waals surface area (Å²) >= 11 is 0. The quantitative estimate of drug-likeness (QED) is 0.471. The Labute approximate surface area is 188 Å². The summed E-state index contributed by atoms with van der Waals surface area (Å²) in [6.45, 7) is 1.07. The Balaban J connectivity index is 1.54. The number of fused-ring (bicyclic) bond motifs is 2. The van der Waals surface area contributed by atoms with Crippen molar-refractivity contribution >= 4 is 22.5 Å². The number of anilines is 1. The molecule has 2 aromatic heterocycles. The first-order valence-electron chi connectivity index (χ1n) is 11.7. The van der Waals surface area contributed by atoms with Crippen LogP contribution in [0.2, 0.25) is 0 Å². The van der Waals surface area contributed by atoms with Crippen molar-refractivity contribution in [1.29, 1.82) is 0 Å². The third-order valence-corrected chi connectivity index (χ3v) is 6.95. The first kappa shape index (κ1) is 20.9. The molecule has 3 aromatic rings. The zero-order valence-electron chi connectivity index (χ0n) is 18.4. The lowest BCUT2D eigenvalue weighted by Gasteiger charge is -2.22. The van der Waals surface area contributed by atoms with Gasteiger partial charge in [0, 0.05) is 36.1 Å². The van der Waals surface area contributed by atoms with Crippen LogP contribution in [0, 0.1) is 0 Å². The molecule has 0 saturated heterocycles. The maximum Gasteiger partial charge on any atom is 0.229 e. The van der Waals surface area contributed by atoms with E-state index in [2.05, 4.69) is 28.5 Å². The Hall–Kier alpha value is -2.99. The number of aliphatic hydroxyl groups excluding tert-OH is 1. The highest BCUT2D eigenvalue weighted by atomic mass is 16.2. The van der Waals surface area contributed by atoms with Crippen LogP contribution in [0.25, 0.3) is 22.0 Å². The van der Waals surface area contributed by atoms with E-state index in [1.54, 1.807) is 6.20 Å². The molecule has 2 aliphatic rings. The van der Waals surface area contributed by atoms with Gasteiger partial charge in [-0.25, -0.2) is 0 Å². The number of benzene rings is 1. The fourth-order valence-electron chi connectivity index (χ4n) is 4.88. The van der Waals surface area contributed by atoms with E-state index in [0.29, 0.717) is 0 Å². The molecule has 1 aromatic carbocycles. The summed E-state index contributed by atoms with van der Waals surface area (Å²) < 4.78 is 0. The van der Waals surface area contributed by atoms with Crippen LogP contribution in [0.15, 0.2) is 36.5 Å². The second-order valence-electron chi connectivity index (χ2n) is 9.08. The first-order chi connectivity index (χ1) is 15.6. The van der Waals surface area contributed by atoms with Crippen LogP contribution in [0.4, 0.5) is 5.69 Å². The van der Waals surface area contributed by atoms with Crippen molar-refractivity contribution in [2.24, 2.45) is 5.73 Å². The molecule has 4 N–H and O–H groups in total. The highest BCUT2D eigenvalue weighted by molar-refractivity contribution is 5.96. The minimum Gasteiger partial charge on any atom is -0.396 e. The molecule has 0 spiro atoms. The number of pyridine rings is 2. The lowest BCUT2D eigenvalue weighted by Crippen LogP contribution is -2.29. The molecule has 0 aliphatic heterocycles. The second kappa shape index (κ2) is 8.51. The van der Waals surface area contributed by atoms with Gasteiger partial charge in [0.1, 0.15) is 0 Å². The van der Waals surface area contributed by atoms with E-state index in [1.807, 2.05) is 12.1 Å². The maximum atomic E-state index is 12.0. The van der Waals surface area contributed by atoms with Crippen molar-refractivity contribution in [1.82, 2.24) is 9.97 Å². The Morgan fingerprint density at radius 1 is 1.09 bits per heavy atom. The van der Waals surface area contributed by atoms with Gasteiger partial charge in [0.15, 0.2) is 0 Å². The molecule has 0 radical (unpaired) electrons. The van der Waals surface area contributed by atoms with Crippen molar-refractivity contribution in [3.63, 3.8) is 0 Å². The zero-order chi connectivity index (χ0) is 22.1. The number of hydrogen-bond donors (Lipinski definition) is 3. The highest BCUT2D eigenvalue weighted by Gasteiger charge is 2.51. The Kier molecular flexibility index (Phi) is 5.55. The fourth-order valence-corrected chi connectivity index (χ4v) is 4.88. The minimum atomic E-state index is -0.587. The molecule has 1 amide bonds. The van der Waals surface area contributed by atoms with Gasteiger partial charge < -0.3 is 16.2 Å². The molecule has 6 heteroatoms. The molecule has 5 rings (SSSR count). The van der Waals surface area contributed by atoms with E-state index >= 15 is 0 Å². The largest absolute Gasteiger partial charge is 0.396 e. The number of aryl methyl sites for hydroxylation is 1. The standard InChI is InChI=1S/C26H30N4O2/c27-25(32)26(10-11-26)23-16-18(9-13-28-23)17-7-8-20-22(15-17)30-21-6-2-1-5-19(21)24(20)29-12-3-4-14-31/h7-9,13,15-16,31H,1-6,10-12,14H2,(H2,27,32)(H,29,30). The van der Waals surface area contributed by atoms with Crippen LogP contribution in [0.1, 0.15) is 55.5 Å². The summed E-state index contributed by atoms with van der Waals surface area (Å²) in [6.07, 6.45) is 9.51. The number of amides is 1. The molecule has 6 nitrogen and oxygen atoms in total. The highest BCUT2D eigenvalue weighted by Crippen LogP contribution is 2.47. The summed E-state index contributed by atoms with van der Waals surface area (Å²) in [5, 5.41) is 13.9. The van der Waals surface area contributed by atoms with Gasteiger partial charge in [-0.1, -0.05) is 12.1 Å². The molecule has 1 fully saturated rings. The topological polar surface area (TPSA) is 101 Å². The van der Waals surface area contributed by atoms with E-state index < -0.39 is 5.41 Å². The maximum absolute atomic E-state index is 12.0. The number of rotatable bonds is 8. The fraction of sp³-hybridized carbons (Fsp3) is 0.423. The van der Waals surface area contributed by atoms with Gasteiger partial charge in [-0.15, -0.1) is 0 Å². The van der Waals surface area contributed by atoms with Gasteiger partial charge in [-0.3, -0.25) is 14.8 Å². The average Bonchev–Trinajstić information content (AvgIpc) is 3.63. The molecule has 0 atom stereocenters. The molecule has 2 heterocycles. The third-order valence-electron chi connectivity index (χ3n) is 6.95. The number of hydrogen-bond acceptors (Lipinski definition) is 5. The number of nitrogens with zero attached hydrogens (tertiary/aromatic N) is 2. The van der Waals surface area contributed by atoms with Gasteiger partial charge in [0.05, 0.1) is 16.6 Å². The average molecular weight is 431 g/mol. The van der Waals surface area contributed by atoms with E-state index in [0.717, 1.165) is 72.8 Å². The molecule has 0 unspecified atom stereocenters. The Bertz CT molecular complexity index is 1170. The summed E-state index contributed by atoms with van der Waals surface area (Å²) in [5.74, 6) is -0.286. The van der Waals surface area contributed by atoms with E-state index in [9.17, 15) is 4.79 Å². The second-order valence-corrected chi connectivity index (χ2v) is 9.08. The van der Waals surface area contributed by atoms with Crippen molar-refractivity contribution in [3.8, 4) is 11.1 Å². The minimum absolute atomic E-state index is 0.227. The normalized spacial score (nSPS) is 16.5. The van der Waals surface area contributed by atoms with Crippen molar-refractivity contribution < 1.29 is 9.90 Å². The number of primary amides is 1. The van der Waals surface area contributed by atoms with Crippen LogP contribution in [-0.2, 0) is 23.1 Å². The van der Waals surface area contributed by atoms with Gasteiger partial charge in [0.2, 0.25) is 5.91 Å². The van der Waals surface area contributed by atoms with Crippen LogP contribution < -0.4 is 11.1 Å². The molecule has 2 aliphatic carbocycles. The summed E-state index contributed by atoms with van der Waals surface area (Å²) in [4.78, 5) is 21.5. The number of nitrogens with one attached hydrogen (secondary N) is 1. The van der Waals surface area contributed by atoms with Crippen LogP contribution >= 0.6 is 0 Å². The first-order valence-corrected chi connectivity index (χ1v) is 11.7. The molecular weight excluding hydrogens is 400 g/mol. The number of carbonyl (C=O) groups excluding carboxylic acids is 1. The van der Waals surface area contributed by atoms with Crippen molar-refractivity contribution in [2.45, 2.75) is 56.8 Å². The summed E-state index contributed by atoms with van der Waals surface area (Å²) in [6, 6.07) is 10.4. The zero-order valence-corrected chi connectivity index (χ0v) is 18.4. The number of aliphatic hydroxyl groups is 1. The van der Waals surface area contributed by atoms with Gasteiger partial charge in [0.25, 0.3) is 0 Å². The van der Waals surface area contributed by atoms with Crippen LogP contribution in [-0.4, -0.2) is 34.1 Å². The van der Waals surface area contributed by atoms with E-state index in [4.69, 9.17) is 15.8 Å². The molecule has 0 bridgehead atoms. The molecule has 166 valence electrons. The lowest BCUT2D eigenvalue weighted by molar-refractivity contribution is -0.120.